The molecule has 1 aliphatic rings. The van der Waals surface area contributed by atoms with Crippen molar-refractivity contribution >= 4 is 29.9 Å². The predicted molar refractivity (Wildman–Crippen MR) is 102 cm³/mol. The van der Waals surface area contributed by atoms with Gasteiger partial charge in [-0.05, 0) is 38.5 Å². The summed E-state index contributed by atoms with van der Waals surface area (Å²) in [6, 6.07) is 0. The maximum Gasteiger partial charge on any atom is 0.193 e. The Kier molecular flexibility index (Phi) is 9.16. The number of nitrogens with one attached hydrogen (secondary N) is 1. The van der Waals surface area contributed by atoms with E-state index in [4.69, 9.17) is 4.74 Å². The van der Waals surface area contributed by atoms with Gasteiger partial charge in [0.15, 0.2) is 5.96 Å². The van der Waals surface area contributed by atoms with Crippen LogP contribution in [0, 0.1) is 5.41 Å². The molecule has 4 nitrogen and oxygen atoms in total. The van der Waals surface area contributed by atoms with E-state index in [1.165, 1.54) is 25.7 Å². The van der Waals surface area contributed by atoms with Gasteiger partial charge in [-0.2, -0.15) is 0 Å². The molecular weight excluding hydrogens is 377 g/mol. The number of likely N-dealkylation sites (tertiary alicyclic amines) is 1. The van der Waals surface area contributed by atoms with Crippen LogP contribution >= 0.6 is 24.0 Å². The molecule has 1 saturated heterocycles. The number of hydrogen-bond acceptors (Lipinski definition) is 2. The van der Waals surface area contributed by atoms with Crippen molar-refractivity contribution in [3.05, 3.63) is 0 Å². The maximum absolute atomic E-state index is 5.46. The normalized spacial score (nSPS) is 23.7. The molecule has 1 aliphatic heterocycles. The Balaban J connectivity index is 0.00000400. The van der Waals surface area contributed by atoms with Crippen LogP contribution in [0.2, 0.25) is 0 Å². The lowest BCUT2D eigenvalue weighted by Crippen LogP contribution is -2.52. The van der Waals surface area contributed by atoms with Crippen LogP contribution in [-0.2, 0) is 4.74 Å². The van der Waals surface area contributed by atoms with Crippen LogP contribution in [0.15, 0.2) is 4.99 Å². The molecule has 21 heavy (non-hydrogen) atoms. The number of methoxy groups -OCH3 is 1. The first-order valence-corrected chi connectivity index (χ1v) is 7.86. The molecule has 126 valence electrons. The molecule has 0 amide bonds. The predicted octanol–water partition coefficient (Wildman–Crippen LogP) is 3.51. The van der Waals surface area contributed by atoms with E-state index in [2.05, 4.69) is 42.9 Å². The third kappa shape index (κ3) is 6.72. The minimum atomic E-state index is -0.168. The Morgan fingerprint density at radius 2 is 2.10 bits per heavy atom. The number of aliphatic imine (C=N–C) groups is 1. The average molecular weight is 411 g/mol. The summed E-state index contributed by atoms with van der Waals surface area (Å²) in [5.74, 6) is 1.01. The van der Waals surface area contributed by atoms with Gasteiger partial charge in [-0.1, -0.05) is 20.3 Å². The second kappa shape index (κ2) is 9.18. The Morgan fingerprint density at radius 1 is 1.43 bits per heavy atom. The van der Waals surface area contributed by atoms with Gasteiger partial charge < -0.3 is 15.0 Å². The third-order valence-electron chi connectivity index (χ3n) is 4.37. The van der Waals surface area contributed by atoms with Crippen LogP contribution in [-0.4, -0.2) is 50.3 Å². The number of halogens is 1. The van der Waals surface area contributed by atoms with E-state index < -0.39 is 0 Å². The highest BCUT2D eigenvalue weighted by molar-refractivity contribution is 14.0. The Morgan fingerprint density at radius 3 is 2.62 bits per heavy atom. The van der Waals surface area contributed by atoms with Gasteiger partial charge in [-0.3, -0.25) is 4.99 Å². The first-order chi connectivity index (χ1) is 9.36. The molecular formula is C16H34IN3O. The van der Waals surface area contributed by atoms with Gasteiger partial charge in [-0.15, -0.1) is 24.0 Å². The molecule has 5 heteroatoms. The highest BCUT2D eigenvalue weighted by Gasteiger charge is 2.31. The molecule has 1 rings (SSSR count). The molecule has 0 aromatic carbocycles. The van der Waals surface area contributed by atoms with E-state index in [1.807, 2.05) is 7.05 Å². The Bertz CT molecular complexity index is 329. The van der Waals surface area contributed by atoms with Crippen molar-refractivity contribution in [2.24, 2.45) is 10.4 Å². The van der Waals surface area contributed by atoms with E-state index in [9.17, 15) is 0 Å². The lowest BCUT2D eigenvalue weighted by atomic mass is 9.78. The monoisotopic (exact) mass is 411 g/mol. The molecule has 0 saturated carbocycles. The van der Waals surface area contributed by atoms with Crippen LogP contribution < -0.4 is 5.32 Å². The molecule has 0 spiro atoms. The lowest BCUT2D eigenvalue weighted by Gasteiger charge is -2.42. The van der Waals surface area contributed by atoms with Crippen LogP contribution in [0.3, 0.4) is 0 Å². The van der Waals surface area contributed by atoms with Crippen LogP contribution in [0.5, 0.6) is 0 Å². The quantitative estimate of drug-likeness (QED) is 0.428. The van der Waals surface area contributed by atoms with Gasteiger partial charge in [0, 0.05) is 33.8 Å². The van der Waals surface area contributed by atoms with Gasteiger partial charge in [0.2, 0.25) is 0 Å². The molecule has 1 N–H and O–H groups in total. The smallest absolute Gasteiger partial charge is 0.193 e. The van der Waals surface area contributed by atoms with Gasteiger partial charge in [-0.25, -0.2) is 0 Å². The number of guanidine groups is 1. The second-order valence-electron chi connectivity index (χ2n) is 6.95. The highest BCUT2D eigenvalue weighted by atomic mass is 127. The van der Waals surface area contributed by atoms with E-state index in [0.717, 1.165) is 25.6 Å². The fourth-order valence-corrected chi connectivity index (χ4v) is 3.00. The first-order valence-electron chi connectivity index (χ1n) is 7.86. The van der Waals surface area contributed by atoms with Crippen molar-refractivity contribution in [3.8, 4) is 0 Å². The van der Waals surface area contributed by atoms with Crippen molar-refractivity contribution < 1.29 is 4.74 Å². The summed E-state index contributed by atoms with van der Waals surface area (Å²) in [5.41, 5.74) is 0.264. The largest absolute Gasteiger partial charge is 0.377 e. The minimum Gasteiger partial charge on any atom is -0.377 e. The van der Waals surface area contributed by atoms with Gasteiger partial charge in [0.25, 0.3) is 0 Å². The summed E-state index contributed by atoms with van der Waals surface area (Å²) in [5, 5.41) is 3.46. The third-order valence-corrected chi connectivity index (χ3v) is 4.37. The average Bonchev–Trinajstić information content (AvgIpc) is 2.39. The topological polar surface area (TPSA) is 36.9 Å². The van der Waals surface area contributed by atoms with Crippen molar-refractivity contribution in [3.63, 3.8) is 0 Å². The molecule has 0 aliphatic carbocycles. The zero-order valence-electron chi connectivity index (χ0n) is 14.7. The Hall–Kier alpha value is -0.0400. The maximum atomic E-state index is 5.46. The summed E-state index contributed by atoms with van der Waals surface area (Å²) in [6.45, 7) is 11.8. The fourth-order valence-electron chi connectivity index (χ4n) is 3.00. The van der Waals surface area contributed by atoms with Crippen molar-refractivity contribution in [1.82, 2.24) is 10.2 Å². The summed E-state index contributed by atoms with van der Waals surface area (Å²) in [4.78, 5) is 6.86. The molecule has 0 aromatic heterocycles. The number of rotatable bonds is 5. The number of piperidine rings is 1. The van der Waals surface area contributed by atoms with E-state index in [1.54, 1.807) is 7.11 Å². The van der Waals surface area contributed by atoms with E-state index >= 15 is 0 Å². The van der Waals surface area contributed by atoms with Gasteiger partial charge in [0.05, 0.1) is 5.60 Å². The van der Waals surface area contributed by atoms with Gasteiger partial charge >= 0.3 is 0 Å². The number of hydrogen-bond donors (Lipinski definition) is 1. The standard InChI is InChI=1S/C16H33N3O.HI/c1-7-9-16(4)10-8-11-19(13-16)14(17-5)18-12-15(2,3)20-6;/h7-13H2,1-6H3,(H,17,18);1H. The Labute approximate surface area is 148 Å². The van der Waals surface area contributed by atoms with Gasteiger partial charge in [0.1, 0.15) is 0 Å². The van der Waals surface area contributed by atoms with Crippen molar-refractivity contribution in [1.29, 1.82) is 0 Å². The molecule has 0 aromatic rings. The molecule has 1 fully saturated rings. The lowest BCUT2D eigenvalue weighted by molar-refractivity contribution is 0.0259. The molecule has 1 unspecified atom stereocenters. The SMILES string of the molecule is CCCC1(C)CCCN(C(=NC)NCC(C)(C)OC)C1.I. The van der Waals surface area contributed by atoms with E-state index in [0.29, 0.717) is 5.41 Å². The fraction of sp³-hybridized carbons (Fsp3) is 0.938. The van der Waals surface area contributed by atoms with Crippen molar-refractivity contribution in [2.75, 3.05) is 33.8 Å². The zero-order valence-corrected chi connectivity index (χ0v) is 17.0. The summed E-state index contributed by atoms with van der Waals surface area (Å²) < 4.78 is 5.46. The van der Waals surface area contributed by atoms with Crippen molar-refractivity contribution in [2.45, 2.75) is 59.0 Å². The number of nitrogens with zero attached hydrogens (tertiary/aromatic N) is 2. The van der Waals surface area contributed by atoms with Crippen LogP contribution in [0.25, 0.3) is 0 Å². The minimum absolute atomic E-state index is 0. The second-order valence-corrected chi connectivity index (χ2v) is 6.95. The zero-order chi connectivity index (χ0) is 15.2. The summed E-state index contributed by atoms with van der Waals surface area (Å²) in [6.07, 6.45) is 5.14. The summed E-state index contributed by atoms with van der Waals surface area (Å²) in [7, 11) is 3.62. The van der Waals surface area contributed by atoms with Crippen LogP contribution in [0.4, 0.5) is 0 Å². The molecule has 1 atom stereocenters. The van der Waals surface area contributed by atoms with E-state index in [-0.39, 0.29) is 29.6 Å². The first kappa shape index (κ1) is 21.0. The van der Waals surface area contributed by atoms with Crippen LogP contribution in [0.1, 0.15) is 53.4 Å². The molecule has 0 radical (unpaired) electrons. The summed E-state index contributed by atoms with van der Waals surface area (Å²) >= 11 is 0. The highest BCUT2D eigenvalue weighted by Crippen LogP contribution is 2.33. The number of ether oxygens (including phenoxy) is 1. The molecule has 1 heterocycles. The molecule has 0 bridgehead atoms.